The van der Waals surface area contributed by atoms with E-state index >= 15 is 0 Å². The molecule has 0 N–H and O–H groups in total. The first-order valence-electron chi connectivity index (χ1n) is 9.14. The SMILES string of the molecule is CC1CN(c2ccccc2F)CCN1C1CCN(c2sccc2C#N)C1=O. The Labute approximate surface area is 162 Å². The third-order valence-corrected chi connectivity index (χ3v) is 6.40. The summed E-state index contributed by atoms with van der Waals surface area (Å²) in [5.74, 6) is -0.136. The number of thiophene rings is 1. The van der Waals surface area contributed by atoms with Gasteiger partial charge < -0.3 is 9.80 Å². The number of nitriles is 1. The number of anilines is 2. The van der Waals surface area contributed by atoms with Crippen molar-refractivity contribution < 1.29 is 9.18 Å². The predicted molar refractivity (Wildman–Crippen MR) is 105 cm³/mol. The molecule has 7 heteroatoms. The van der Waals surface area contributed by atoms with E-state index in [4.69, 9.17) is 0 Å². The molecule has 0 radical (unpaired) electrons. The Kier molecular flexibility index (Phi) is 4.85. The Hall–Kier alpha value is -2.43. The molecular formula is C20H21FN4OS. The second-order valence-corrected chi connectivity index (χ2v) is 7.92. The highest BCUT2D eigenvalue weighted by Gasteiger charge is 2.41. The van der Waals surface area contributed by atoms with Crippen molar-refractivity contribution in [2.75, 3.05) is 36.0 Å². The number of carbonyl (C=O) groups excluding carboxylic acids is 1. The molecule has 0 aliphatic carbocycles. The van der Waals surface area contributed by atoms with Crippen LogP contribution in [0.4, 0.5) is 15.1 Å². The van der Waals surface area contributed by atoms with Crippen molar-refractivity contribution in [3.05, 3.63) is 47.1 Å². The van der Waals surface area contributed by atoms with Crippen molar-refractivity contribution in [3.8, 4) is 6.07 Å². The molecule has 140 valence electrons. The van der Waals surface area contributed by atoms with Gasteiger partial charge in [-0.2, -0.15) is 5.26 Å². The zero-order valence-electron chi connectivity index (χ0n) is 15.1. The monoisotopic (exact) mass is 384 g/mol. The van der Waals surface area contributed by atoms with Crippen LogP contribution in [0, 0.1) is 17.1 Å². The summed E-state index contributed by atoms with van der Waals surface area (Å²) in [5, 5.41) is 11.8. The van der Waals surface area contributed by atoms with Crippen LogP contribution in [0.15, 0.2) is 35.7 Å². The van der Waals surface area contributed by atoms with Gasteiger partial charge in [-0.3, -0.25) is 9.69 Å². The number of amides is 1. The second-order valence-electron chi connectivity index (χ2n) is 7.03. The van der Waals surface area contributed by atoms with Gasteiger partial charge in [0.25, 0.3) is 0 Å². The van der Waals surface area contributed by atoms with E-state index < -0.39 is 0 Å². The largest absolute Gasteiger partial charge is 0.366 e. The maximum Gasteiger partial charge on any atom is 0.245 e. The van der Waals surface area contributed by atoms with E-state index in [9.17, 15) is 14.4 Å². The van der Waals surface area contributed by atoms with Crippen LogP contribution in [0.2, 0.25) is 0 Å². The van der Waals surface area contributed by atoms with E-state index in [0.717, 1.165) is 18.0 Å². The molecule has 0 spiro atoms. The first kappa shape index (κ1) is 18.0. The van der Waals surface area contributed by atoms with Crippen LogP contribution in [-0.2, 0) is 4.79 Å². The quantitative estimate of drug-likeness (QED) is 0.816. The molecule has 2 aliphatic heterocycles. The smallest absolute Gasteiger partial charge is 0.245 e. The second kappa shape index (κ2) is 7.29. The lowest BCUT2D eigenvalue weighted by Gasteiger charge is -2.43. The number of halogens is 1. The normalized spacial score (nSPS) is 23.7. The average Bonchev–Trinajstić information content (AvgIpc) is 3.28. The Morgan fingerprint density at radius 1 is 1.22 bits per heavy atom. The van der Waals surface area contributed by atoms with E-state index in [1.807, 2.05) is 11.4 Å². The first-order chi connectivity index (χ1) is 13.1. The van der Waals surface area contributed by atoms with Gasteiger partial charge in [0.15, 0.2) is 0 Å². The highest BCUT2D eigenvalue weighted by atomic mass is 32.1. The summed E-state index contributed by atoms with van der Waals surface area (Å²) in [6.45, 7) is 4.83. The minimum absolute atomic E-state index is 0.0696. The van der Waals surface area contributed by atoms with Crippen LogP contribution < -0.4 is 9.80 Å². The van der Waals surface area contributed by atoms with Gasteiger partial charge in [-0.05, 0) is 36.9 Å². The lowest BCUT2D eigenvalue weighted by Crippen LogP contribution is -2.57. The van der Waals surface area contributed by atoms with Gasteiger partial charge in [0.1, 0.15) is 16.9 Å². The highest BCUT2D eigenvalue weighted by molar-refractivity contribution is 7.14. The van der Waals surface area contributed by atoms with E-state index in [-0.39, 0.29) is 23.8 Å². The van der Waals surface area contributed by atoms with Gasteiger partial charge in [-0.25, -0.2) is 4.39 Å². The van der Waals surface area contributed by atoms with Crippen LogP contribution in [-0.4, -0.2) is 49.1 Å². The average molecular weight is 384 g/mol. The number of benzene rings is 1. The number of rotatable bonds is 3. The maximum atomic E-state index is 14.1. The van der Waals surface area contributed by atoms with Crippen molar-refractivity contribution >= 4 is 27.9 Å². The van der Waals surface area contributed by atoms with Crippen molar-refractivity contribution in [1.82, 2.24) is 4.90 Å². The molecule has 2 aliphatic rings. The molecule has 2 fully saturated rings. The Morgan fingerprint density at radius 3 is 2.78 bits per heavy atom. The van der Waals surface area contributed by atoms with Crippen LogP contribution in [0.1, 0.15) is 18.9 Å². The maximum absolute atomic E-state index is 14.1. The molecule has 5 nitrogen and oxygen atoms in total. The molecular weight excluding hydrogens is 363 g/mol. The summed E-state index contributed by atoms with van der Waals surface area (Å²) in [5.41, 5.74) is 1.19. The molecule has 27 heavy (non-hydrogen) atoms. The number of nitrogens with zero attached hydrogens (tertiary/aromatic N) is 4. The molecule has 4 rings (SSSR count). The Bertz CT molecular complexity index is 892. The summed E-state index contributed by atoms with van der Waals surface area (Å²) in [4.78, 5) is 19.1. The third kappa shape index (κ3) is 3.20. The molecule has 1 amide bonds. The fraction of sp³-hybridized carbons (Fsp3) is 0.400. The first-order valence-corrected chi connectivity index (χ1v) is 10.0. The summed E-state index contributed by atoms with van der Waals surface area (Å²) in [7, 11) is 0. The van der Waals surface area contributed by atoms with Crippen molar-refractivity contribution in [1.29, 1.82) is 5.26 Å². The Balaban J connectivity index is 1.47. The minimum Gasteiger partial charge on any atom is -0.366 e. The molecule has 2 saturated heterocycles. The van der Waals surface area contributed by atoms with E-state index in [2.05, 4.69) is 22.8 Å². The van der Waals surface area contributed by atoms with E-state index in [1.165, 1.54) is 17.4 Å². The molecule has 0 saturated carbocycles. The number of hydrogen-bond acceptors (Lipinski definition) is 5. The Morgan fingerprint density at radius 2 is 2.04 bits per heavy atom. The van der Waals surface area contributed by atoms with Gasteiger partial charge in [0, 0.05) is 32.2 Å². The summed E-state index contributed by atoms with van der Waals surface area (Å²) >= 11 is 1.44. The summed E-state index contributed by atoms with van der Waals surface area (Å²) in [6.07, 6.45) is 0.756. The molecule has 0 bridgehead atoms. The van der Waals surface area contributed by atoms with Gasteiger partial charge >= 0.3 is 0 Å². The lowest BCUT2D eigenvalue weighted by molar-refractivity contribution is -0.122. The molecule has 1 aromatic heterocycles. The van der Waals surface area contributed by atoms with Crippen molar-refractivity contribution in [2.24, 2.45) is 0 Å². The molecule has 2 aromatic rings. The number of piperazine rings is 1. The molecule has 1 aromatic carbocycles. The number of carbonyl (C=O) groups is 1. The summed E-state index contributed by atoms with van der Waals surface area (Å²) < 4.78 is 14.1. The highest BCUT2D eigenvalue weighted by Crippen LogP contribution is 2.33. The van der Waals surface area contributed by atoms with Crippen molar-refractivity contribution in [2.45, 2.75) is 25.4 Å². The minimum atomic E-state index is -0.206. The standard InChI is InChI=1S/C20H21FN4OS/c1-14-13-23(17-5-3-2-4-16(17)21)9-10-24(14)18-6-8-25(19(18)26)20-15(12-22)7-11-27-20/h2-5,7,11,14,18H,6,8-10,13H2,1H3. The zero-order valence-corrected chi connectivity index (χ0v) is 16.0. The third-order valence-electron chi connectivity index (χ3n) is 5.46. The molecule has 2 unspecified atom stereocenters. The number of hydrogen-bond donors (Lipinski definition) is 0. The molecule has 3 heterocycles. The van der Waals surface area contributed by atoms with Gasteiger partial charge in [-0.1, -0.05) is 12.1 Å². The number of para-hydroxylation sites is 1. The zero-order chi connectivity index (χ0) is 19.0. The predicted octanol–water partition coefficient (Wildman–Crippen LogP) is 3.07. The van der Waals surface area contributed by atoms with Crippen LogP contribution in [0.5, 0.6) is 0 Å². The van der Waals surface area contributed by atoms with Gasteiger partial charge in [0.05, 0.1) is 17.3 Å². The molecule has 2 atom stereocenters. The van der Waals surface area contributed by atoms with Crippen LogP contribution >= 0.6 is 11.3 Å². The topological polar surface area (TPSA) is 50.6 Å². The summed E-state index contributed by atoms with van der Waals surface area (Å²) in [6, 6.07) is 10.7. The van der Waals surface area contributed by atoms with Gasteiger partial charge in [-0.15, -0.1) is 11.3 Å². The van der Waals surface area contributed by atoms with Gasteiger partial charge in [0.2, 0.25) is 5.91 Å². The lowest BCUT2D eigenvalue weighted by atomic mass is 10.1. The fourth-order valence-corrected chi connectivity index (χ4v) is 5.01. The van der Waals surface area contributed by atoms with E-state index in [0.29, 0.717) is 30.9 Å². The fourth-order valence-electron chi connectivity index (χ4n) is 4.13. The van der Waals surface area contributed by atoms with Crippen molar-refractivity contribution in [3.63, 3.8) is 0 Å². The van der Waals surface area contributed by atoms with E-state index in [1.54, 1.807) is 23.1 Å². The van der Waals surface area contributed by atoms with Crippen LogP contribution in [0.25, 0.3) is 0 Å². The van der Waals surface area contributed by atoms with Crippen LogP contribution in [0.3, 0.4) is 0 Å².